The van der Waals surface area contributed by atoms with Gasteiger partial charge in [0.1, 0.15) is 5.82 Å². The molecule has 0 radical (unpaired) electrons. The number of amides is 1. The molecule has 0 saturated carbocycles. The van der Waals surface area contributed by atoms with Crippen molar-refractivity contribution in [3.8, 4) is 0 Å². The lowest BCUT2D eigenvalue weighted by Gasteiger charge is -2.42. The molecule has 29 heavy (non-hydrogen) atoms. The highest BCUT2D eigenvalue weighted by Crippen LogP contribution is 2.30. The van der Waals surface area contributed by atoms with Crippen LogP contribution in [0.3, 0.4) is 0 Å². The molecular weight excluding hydrogens is 365 g/mol. The number of nitrogens with zero attached hydrogens (tertiary/aromatic N) is 3. The van der Waals surface area contributed by atoms with Gasteiger partial charge in [-0.25, -0.2) is 14.4 Å². The molecule has 148 valence electrons. The summed E-state index contributed by atoms with van der Waals surface area (Å²) in [5.41, 5.74) is 2.78. The van der Waals surface area contributed by atoms with Gasteiger partial charge in [0.15, 0.2) is 0 Å². The van der Waals surface area contributed by atoms with Gasteiger partial charge in [0.25, 0.3) is 0 Å². The Kier molecular flexibility index (Phi) is 5.98. The molecule has 0 atom stereocenters. The number of halogens is 1. The van der Waals surface area contributed by atoms with Crippen molar-refractivity contribution in [2.24, 2.45) is 0 Å². The normalized spacial score (nSPS) is 15.4. The Labute approximate surface area is 170 Å². The maximum atomic E-state index is 14.2. The summed E-state index contributed by atoms with van der Waals surface area (Å²) in [5.74, 6) is -0.395. The Balaban J connectivity index is 1.54. The molecule has 0 bridgehead atoms. The van der Waals surface area contributed by atoms with Crippen molar-refractivity contribution in [3.63, 3.8) is 0 Å². The molecule has 1 aliphatic rings. The van der Waals surface area contributed by atoms with Crippen LogP contribution in [0.2, 0.25) is 0 Å². The minimum absolute atomic E-state index is 0.151. The SMILES string of the molecule is O=CN(c1ccccc1F)N1CCN(C(c2ccccc2)c2ccccc2)CC1. The van der Waals surface area contributed by atoms with Crippen LogP contribution in [0.25, 0.3) is 0 Å². The third-order valence-electron chi connectivity index (χ3n) is 5.39. The van der Waals surface area contributed by atoms with E-state index < -0.39 is 5.82 Å². The predicted octanol–water partition coefficient (Wildman–Crippen LogP) is 4.11. The van der Waals surface area contributed by atoms with E-state index in [1.165, 1.54) is 22.2 Å². The van der Waals surface area contributed by atoms with E-state index in [9.17, 15) is 9.18 Å². The highest BCUT2D eigenvalue weighted by Gasteiger charge is 2.29. The maximum Gasteiger partial charge on any atom is 0.228 e. The lowest BCUT2D eigenvalue weighted by Crippen LogP contribution is -2.54. The van der Waals surface area contributed by atoms with Crippen LogP contribution in [0.15, 0.2) is 84.9 Å². The molecule has 1 amide bonds. The van der Waals surface area contributed by atoms with E-state index in [1.807, 2.05) is 17.1 Å². The van der Waals surface area contributed by atoms with Crippen molar-refractivity contribution >= 4 is 12.1 Å². The van der Waals surface area contributed by atoms with Crippen LogP contribution in [0.4, 0.5) is 10.1 Å². The molecule has 0 N–H and O–H groups in total. The Hall–Kier alpha value is -3.02. The largest absolute Gasteiger partial charge is 0.290 e. The third kappa shape index (κ3) is 4.21. The van der Waals surface area contributed by atoms with Gasteiger partial charge < -0.3 is 0 Å². The Morgan fingerprint density at radius 1 is 0.759 bits per heavy atom. The molecule has 1 aliphatic heterocycles. The standard InChI is InChI=1S/C24H24FN3O/c25-22-13-7-8-14-23(22)28(19-29)27-17-15-26(16-18-27)24(20-9-3-1-4-10-20)21-11-5-2-6-12-21/h1-14,19,24H,15-18H2. The summed E-state index contributed by atoms with van der Waals surface area (Å²) in [4.78, 5) is 14.1. The molecule has 0 aliphatic carbocycles. The van der Waals surface area contributed by atoms with E-state index >= 15 is 0 Å². The van der Waals surface area contributed by atoms with Crippen LogP contribution in [0, 0.1) is 5.82 Å². The topological polar surface area (TPSA) is 26.8 Å². The molecule has 3 aromatic carbocycles. The lowest BCUT2D eigenvalue weighted by atomic mass is 9.96. The number of anilines is 1. The Bertz CT molecular complexity index is 888. The van der Waals surface area contributed by atoms with E-state index in [-0.39, 0.29) is 6.04 Å². The van der Waals surface area contributed by atoms with Crippen LogP contribution in [-0.4, -0.2) is 42.5 Å². The summed E-state index contributed by atoms with van der Waals surface area (Å²) < 4.78 is 14.2. The Morgan fingerprint density at radius 2 is 1.28 bits per heavy atom. The van der Waals surface area contributed by atoms with Gasteiger partial charge in [0.05, 0.1) is 11.7 Å². The molecule has 1 saturated heterocycles. The van der Waals surface area contributed by atoms with Gasteiger partial charge in [-0.1, -0.05) is 72.8 Å². The van der Waals surface area contributed by atoms with Crippen LogP contribution in [0.5, 0.6) is 0 Å². The van der Waals surface area contributed by atoms with Gasteiger partial charge in [-0.15, -0.1) is 0 Å². The van der Waals surface area contributed by atoms with Crippen molar-refractivity contribution in [2.75, 3.05) is 31.2 Å². The number of rotatable bonds is 6. The summed E-state index contributed by atoms with van der Waals surface area (Å²) in [5, 5.41) is 3.31. The van der Waals surface area contributed by atoms with Crippen molar-refractivity contribution in [3.05, 3.63) is 102 Å². The van der Waals surface area contributed by atoms with Gasteiger partial charge in [-0.2, -0.15) is 0 Å². The fraction of sp³-hybridized carbons (Fsp3) is 0.208. The number of hydrazine groups is 1. The van der Waals surface area contributed by atoms with E-state index in [1.54, 1.807) is 18.2 Å². The molecule has 0 unspecified atom stereocenters. The minimum atomic E-state index is -0.395. The molecule has 1 fully saturated rings. The molecule has 5 heteroatoms. The van der Waals surface area contributed by atoms with Crippen LogP contribution in [0.1, 0.15) is 17.2 Å². The highest BCUT2D eigenvalue weighted by molar-refractivity contribution is 5.74. The van der Waals surface area contributed by atoms with Crippen molar-refractivity contribution in [1.82, 2.24) is 9.91 Å². The molecule has 0 spiro atoms. The number of piperazine rings is 1. The first-order valence-corrected chi connectivity index (χ1v) is 9.86. The third-order valence-corrected chi connectivity index (χ3v) is 5.39. The van der Waals surface area contributed by atoms with Crippen molar-refractivity contribution in [1.29, 1.82) is 0 Å². The van der Waals surface area contributed by atoms with E-state index in [0.717, 1.165) is 13.1 Å². The molecule has 3 aromatic rings. The Morgan fingerprint density at radius 3 is 1.79 bits per heavy atom. The second-order valence-corrected chi connectivity index (χ2v) is 7.11. The first-order valence-electron chi connectivity index (χ1n) is 9.86. The summed E-state index contributed by atoms with van der Waals surface area (Å²) >= 11 is 0. The second kappa shape index (κ2) is 8.99. The van der Waals surface area contributed by atoms with Crippen molar-refractivity contribution < 1.29 is 9.18 Å². The summed E-state index contributed by atoms with van der Waals surface area (Å²) in [6.07, 6.45) is 0.694. The average molecular weight is 389 g/mol. The molecule has 4 nitrogen and oxygen atoms in total. The summed E-state index contributed by atoms with van der Waals surface area (Å²) in [6, 6.07) is 27.5. The van der Waals surface area contributed by atoms with E-state index in [2.05, 4.69) is 53.4 Å². The average Bonchev–Trinajstić information content (AvgIpc) is 2.78. The summed E-state index contributed by atoms with van der Waals surface area (Å²) in [6.45, 7) is 2.83. The van der Waals surface area contributed by atoms with Crippen LogP contribution in [-0.2, 0) is 4.79 Å². The van der Waals surface area contributed by atoms with Gasteiger partial charge in [-0.3, -0.25) is 9.69 Å². The van der Waals surface area contributed by atoms with E-state index in [0.29, 0.717) is 25.2 Å². The number of carbonyl (C=O) groups is 1. The van der Waals surface area contributed by atoms with E-state index in [4.69, 9.17) is 0 Å². The number of benzene rings is 3. The molecule has 0 aromatic heterocycles. The zero-order valence-electron chi connectivity index (χ0n) is 16.2. The second-order valence-electron chi connectivity index (χ2n) is 7.11. The maximum absolute atomic E-state index is 14.2. The molecule has 1 heterocycles. The summed E-state index contributed by atoms with van der Waals surface area (Å²) in [7, 11) is 0. The van der Waals surface area contributed by atoms with Gasteiger partial charge in [0.2, 0.25) is 6.41 Å². The number of carbonyl (C=O) groups excluding carboxylic acids is 1. The molecule has 4 rings (SSSR count). The molecular formula is C24H24FN3O. The number of hydrogen-bond donors (Lipinski definition) is 0. The first kappa shape index (κ1) is 19.3. The zero-order chi connectivity index (χ0) is 20.1. The number of hydrogen-bond acceptors (Lipinski definition) is 3. The monoisotopic (exact) mass is 389 g/mol. The minimum Gasteiger partial charge on any atom is -0.290 e. The number of para-hydroxylation sites is 1. The quantitative estimate of drug-likeness (QED) is 0.594. The van der Waals surface area contributed by atoms with Crippen LogP contribution >= 0.6 is 0 Å². The van der Waals surface area contributed by atoms with Gasteiger partial charge in [0, 0.05) is 26.2 Å². The highest BCUT2D eigenvalue weighted by atomic mass is 19.1. The predicted molar refractivity (Wildman–Crippen MR) is 113 cm³/mol. The van der Waals surface area contributed by atoms with Gasteiger partial charge >= 0.3 is 0 Å². The first-order chi connectivity index (χ1) is 14.3. The fourth-order valence-electron chi connectivity index (χ4n) is 3.98. The zero-order valence-corrected chi connectivity index (χ0v) is 16.2. The van der Waals surface area contributed by atoms with Crippen LogP contribution < -0.4 is 5.01 Å². The van der Waals surface area contributed by atoms with Crippen molar-refractivity contribution in [2.45, 2.75) is 6.04 Å². The van der Waals surface area contributed by atoms with Gasteiger partial charge in [-0.05, 0) is 23.3 Å². The smallest absolute Gasteiger partial charge is 0.228 e. The fourth-order valence-corrected chi connectivity index (χ4v) is 3.98. The lowest BCUT2D eigenvalue weighted by molar-refractivity contribution is -0.110.